The lowest BCUT2D eigenvalue weighted by Gasteiger charge is -2.28. The minimum Gasteiger partial charge on any atom is -0.361 e. The topological polar surface area (TPSA) is 25.4 Å². The van der Waals surface area contributed by atoms with E-state index in [0.717, 1.165) is 19.5 Å². The Balaban J connectivity index is 1.56. The number of pyridine rings is 1. The van der Waals surface area contributed by atoms with Crippen LogP contribution in [0.5, 0.6) is 0 Å². The highest BCUT2D eigenvalue weighted by Gasteiger charge is 2.18. The Labute approximate surface area is 132 Å². The van der Waals surface area contributed by atoms with E-state index >= 15 is 0 Å². The van der Waals surface area contributed by atoms with Gasteiger partial charge in [-0.2, -0.15) is 0 Å². The van der Waals surface area contributed by atoms with Crippen molar-refractivity contribution < 1.29 is 4.74 Å². The largest absolute Gasteiger partial charge is 0.361 e. The van der Waals surface area contributed by atoms with E-state index in [2.05, 4.69) is 54.1 Å². The molecule has 0 spiro atoms. The smallest absolute Gasteiger partial charge is 0.0997 e. The lowest BCUT2D eigenvalue weighted by molar-refractivity contribution is 0.0113. The third kappa shape index (κ3) is 3.73. The van der Waals surface area contributed by atoms with Crippen LogP contribution in [-0.4, -0.2) is 23.2 Å². The van der Waals surface area contributed by atoms with Crippen LogP contribution in [-0.2, 0) is 24.3 Å². The van der Waals surface area contributed by atoms with E-state index < -0.39 is 0 Å². The number of rotatable bonds is 5. The molecule has 0 unspecified atom stereocenters. The van der Waals surface area contributed by atoms with Gasteiger partial charge in [-0.15, -0.1) is 0 Å². The number of aromatic nitrogens is 1. The summed E-state index contributed by atoms with van der Waals surface area (Å²) in [7, 11) is 0. The van der Waals surface area contributed by atoms with Crippen molar-refractivity contribution in [2.45, 2.75) is 39.3 Å². The van der Waals surface area contributed by atoms with Crippen molar-refractivity contribution in [3.63, 3.8) is 0 Å². The molecule has 0 amide bonds. The van der Waals surface area contributed by atoms with Gasteiger partial charge in [0.1, 0.15) is 0 Å². The molecule has 0 atom stereocenters. The van der Waals surface area contributed by atoms with Crippen LogP contribution < -0.4 is 0 Å². The first kappa shape index (κ1) is 15.2. The third-order valence-electron chi connectivity index (χ3n) is 4.19. The maximum absolute atomic E-state index is 5.86. The van der Waals surface area contributed by atoms with Crippen LogP contribution in [0.2, 0.25) is 0 Å². The van der Waals surface area contributed by atoms with Crippen LogP contribution in [0, 0.1) is 0 Å². The molecule has 0 fully saturated rings. The molecule has 22 heavy (non-hydrogen) atoms. The minimum atomic E-state index is 0.530. The molecule has 1 aliphatic heterocycles. The highest BCUT2D eigenvalue weighted by molar-refractivity contribution is 5.28. The number of hydrogen-bond donors (Lipinski definition) is 0. The predicted octanol–water partition coefficient (Wildman–Crippen LogP) is 3.74. The fourth-order valence-electron chi connectivity index (χ4n) is 2.80. The molecule has 0 bridgehead atoms. The summed E-state index contributed by atoms with van der Waals surface area (Å²) in [5.74, 6) is 0.530. The molecule has 0 N–H and O–H groups in total. The Morgan fingerprint density at radius 2 is 2.05 bits per heavy atom. The maximum Gasteiger partial charge on any atom is 0.0997 e. The van der Waals surface area contributed by atoms with E-state index in [-0.39, 0.29) is 0 Å². The van der Waals surface area contributed by atoms with Crippen molar-refractivity contribution >= 4 is 0 Å². The molecular weight excluding hydrogens is 272 g/mol. The number of ether oxygens (including phenoxy) is 1. The minimum absolute atomic E-state index is 0.530. The Hall–Kier alpha value is -1.71. The molecule has 3 heteroatoms. The highest BCUT2D eigenvalue weighted by atomic mass is 16.5. The van der Waals surface area contributed by atoms with Crippen molar-refractivity contribution in [2.75, 3.05) is 13.3 Å². The molecule has 1 aliphatic rings. The number of benzene rings is 1. The van der Waals surface area contributed by atoms with Gasteiger partial charge in [0.05, 0.1) is 13.3 Å². The standard InChI is InChI=1S/C19H24N2O/c1-15(2)17-10-18-12-21(9-8-19(18)20-11-17)14-22-13-16-6-4-3-5-7-16/h3-7,10-11,15H,8-9,12-14H2,1-2H3. The van der Waals surface area contributed by atoms with Gasteiger partial charge in [0, 0.05) is 31.4 Å². The lowest BCUT2D eigenvalue weighted by Crippen LogP contribution is -2.33. The first-order valence-electron chi connectivity index (χ1n) is 8.04. The molecule has 0 radical (unpaired) electrons. The highest BCUT2D eigenvalue weighted by Crippen LogP contribution is 2.22. The molecule has 2 heterocycles. The van der Waals surface area contributed by atoms with Gasteiger partial charge in [0.15, 0.2) is 0 Å². The second-order valence-electron chi connectivity index (χ2n) is 6.29. The molecule has 0 saturated carbocycles. The summed E-state index contributed by atoms with van der Waals surface area (Å²) < 4.78 is 5.86. The number of nitrogens with zero attached hydrogens (tertiary/aromatic N) is 2. The zero-order chi connectivity index (χ0) is 15.4. The maximum atomic E-state index is 5.86. The summed E-state index contributed by atoms with van der Waals surface area (Å²) in [4.78, 5) is 6.99. The quantitative estimate of drug-likeness (QED) is 0.840. The molecule has 116 valence electrons. The van der Waals surface area contributed by atoms with Gasteiger partial charge >= 0.3 is 0 Å². The zero-order valence-electron chi connectivity index (χ0n) is 13.5. The zero-order valence-corrected chi connectivity index (χ0v) is 13.5. The van der Waals surface area contributed by atoms with Crippen LogP contribution in [0.25, 0.3) is 0 Å². The van der Waals surface area contributed by atoms with E-state index in [4.69, 9.17) is 4.74 Å². The van der Waals surface area contributed by atoms with Gasteiger partial charge in [-0.1, -0.05) is 50.2 Å². The summed E-state index contributed by atoms with van der Waals surface area (Å²) in [6, 6.07) is 12.7. The van der Waals surface area contributed by atoms with Gasteiger partial charge in [0.25, 0.3) is 0 Å². The fourth-order valence-corrected chi connectivity index (χ4v) is 2.80. The van der Waals surface area contributed by atoms with E-state index in [1.54, 1.807) is 0 Å². The second kappa shape index (κ2) is 7.03. The van der Waals surface area contributed by atoms with Gasteiger partial charge in [-0.05, 0) is 22.6 Å². The SMILES string of the molecule is CC(C)c1cnc2c(c1)CN(COCc1ccccc1)CC2. The molecular formula is C19H24N2O. The lowest BCUT2D eigenvalue weighted by atomic mass is 9.99. The average molecular weight is 296 g/mol. The normalized spacial score (nSPS) is 15.0. The molecule has 0 aliphatic carbocycles. The van der Waals surface area contributed by atoms with Crippen LogP contribution in [0.4, 0.5) is 0 Å². The first-order valence-corrected chi connectivity index (χ1v) is 8.04. The van der Waals surface area contributed by atoms with Crippen molar-refractivity contribution in [1.82, 2.24) is 9.88 Å². The van der Waals surface area contributed by atoms with Crippen molar-refractivity contribution in [1.29, 1.82) is 0 Å². The van der Waals surface area contributed by atoms with Crippen LogP contribution in [0.1, 0.15) is 42.1 Å². The van der Waals surface area contributed by atoms with Crippen molar-refractivity contribution in [3.8, 4) is 0 Å². The number of hydrogen-bond acceptors (Lipinski definition) is 3. The fraction of sp³-hybridized carbons (Fsp3) is 0.421. The van der Waals surface area contributed by atoms with Gasteiger partial charge in [-0.25, -0.2) is 0 Å². The summed E-state index contributed by atoms with van der Waals surface area (Å²) in [5.41, 5.74) is 5.17. The molecule has 1 aromatic heterocycles. The summed E-state index contributed by atoms with van der Waals surface area (Å²) in [5, 5.41) is 0. The van der Waals surface area contributed by atoms with Gasteiger partial charge in [-0.3, -0.25) is 9.88 Å². The summed E-state index contributed by atoms with van der Waals surface area (Å²) >= 11 is 0. The van der Waals surface area contributed by atoms with Gasteiger partial charge < -0.3 is 4.74 Å². The van der Waals surface area contributed by atoms with Crippen LogP contribution >= 0.6 is 0 Å². The molecule has 3 rings (SSSR count). The van der Waals surface area contributed by atoms with E-state index in [1.165, 1.54) is 22.4 Å². The second-order valence-corrected chi connectivity index (χ2v) is 6.29. The van der Waals surface area contributed by atoms with Crippen molar-refractivity contribution in [2.24, 2.45) is 0 Å². The number of fused-ring (bicyclic) bond motifs is 1. The first-order chi connectivity index (χ1) is 10.7. The van der Waals surface area contributed by atoms with Gasteiger partial charge in [0.2, 0.25) is 0 Å². The Bertz CT molecular complexity index is 610. The van der Waals surface area contributed by atoms with Crippen LogP contribution in [0.15, 0.2) is 42.6 Å². The predicted molar refractivity (Wildman–Crippen MR) is 88.5 cm³/mol. The Morgan fingerprint density at radius 3 is 2.82 bits per heavy atom. The van der Waals surface area contributed by atoms with E-state index in [0.29, 0.717) is 19.3 Å². The molecule has 3 nitrogen and oxygen atoms in total. The average Bonchev–Trinajstić information content (AvgIpc) is 2.55. The third-order valence-corrected chi connectivity index (χ3v) is 4.19. The Kier molecular flexibility index (Phi) is 4.86. The van der Waals surface area contributed by atoms with E-state index in [1.807, 2.05) is 12.3 Å². The van der Waals surface area contributed by atoms with E-state index in [9.17, 15) is 0 Å². The van der Waals surface area contributed by atoms with Crippen LogP contribution in [0.3, 0.4) is 0 Å². The summed E-state index contributed by atoms with van der Waals surface area (Å²) in [6.07, 6.45) is 3.05. The Morgan fingerprint density at radius 1 is 1.23 bits per heavy atom. The molecule has 1 aromatic carbocycles. The molecule has 0 saturated heterocycles. The monoisotopic (exact) mass is 296 g/mol. The molecule has 2 aromatic rings. The van der Waals surface area contributed by atoms with Crippen molar-refractivity contribution in [3.05, 3.63) is 65.0 Å². The summed E-state index contributed by atoms with van der Waals surface area (Å²) in [6.45, 7) is 7.75.